The fourth-order valence-corrected chi connectivity index (χ4v) is 4.64. The van der Waals surface area contributed by atoms with Crippen LogP contribution in [0.5, 0.6) is 5.75 Å². The van der Waals surface area contributed by atoms with Gasteiger partial charge in [-0.05, 0) is 50.3 Å². The van der Waals surface area contributed by atoms with Crippen molar-refractivity contribution in [3.05, 3.63) is 66.0 Å². The number of nitrogens with zero attached hydrogens (tertiary/aromatic N) is 4. The Morgan fingerprint density at radius 1 is 1.09 bits per heavy atom. The molecule has 1 aromatic heterocycles. The number of ether oxygens (including phenoxy) is 1. The lowest BCUT2D eigenvalue weighted by Gasteiger charge is -2.23. The lowest BCUT2D eigenvalue weighted by Crippen LogP contribution is -2.23. The van der Waals surface area contributed by atoms with E-state index in [4.69, 9.17) is 9.88 Å². The van der Waals surface area contributed by atoms with Crippen molar-refractivity contribution < 1.29 is 13.2 Å². The minimum Gasteiger partial charge on any atom is -0.493 e. The molecule has 0 saturated heterocycles. The van der Waals surface area contributed by atoms with Gasteiger partial charge in [-0.15, -0.1) is 10.2 Å². The molecule has 3 rings (SSSR count). The summed E-state index contributed by atoms with van der Waals surface area (Å²) in [7, 11) is 0.400. The van der Waals surface area contributed by atoms with E-state index < -0.39 is 10.0 Å². The Hall–Kier alpha value is -2.40. The predicted octanol–water partition coefficient (Wildman–Crippen LogP) is 3.16. The number of sulfonamides is 1. The molecule has 0 amide bonds. The van der Waals surface area contributed by atoms with Crippen molar-refractivity contribution in [1.82, 2.24) is 19.7 Å². The zero-order chi connectivity index (χ0) is 23.1. The van der Waals surface area contributed by atoms with Gasteiger partial charge in [-0.1, -0.05) is 49.0 Å². The quantitative estimate of drug-likeness (QED) is 0.336. The molecule has 8 nitrogen and oxygen atoms in total. The van der Waals surface area contributed by atoms with E-state index in [2.05, 4.69) is 52.8 Å². The number of nitrogens with two attached hydrogens (primary N) is 1. The molecule has 1 atom stereocenters. The highest BCUT2D eigenvalue weighted by molar-refractivity contribution is 7.99. The van der Waals surface area contributed by atoms with E-state index in [0.29, 0.717) is 24.7 Å². The second kappa shape index (κ2) is 11.0. The highest BCUT2D eigenvalue weighted by Crippen LogP contribution is 2.26. The number of thioether (sulfide) groups is 1. The third-order valence-corrected chi connectivity index (χ3v) is 6.83. The second-order valence-electron chi connectivity index (χ2n) is 7.51. The molecule has 1 unspecified atom stereocenters. The average Bonchev–Trinajstić information content (AvgIpc) is 3.14. The highest BCUT2D eigenvalue weighted by atomic mass is 32.2. The van der Waals surface area contributed by atoms with Gasteiger partial charge in [-0.3, -0.25) is 4.90 Å². The van der Waals surface area contributed by atoms with E-state index in [-0.39, 0.29) is 10.9 Å². The molecule has 0 fully saturated rings. The van der Waals surface area contributed by atoms with Crippen LogP contribution in [0.2, 0.25) is 0 Å². The lowest BCUT2D eigenvalue weighted by molar-refractivity contribution is 0.272. The third kappa shape index (κ3) is 6.32. The van der Waals surface area contributed by atoms with Crippen LogP contribution < -0.4 is 9.88 Å². The molecule has 3 aromatic rings. The smallest absolute Gasteiger partial charge is 0.238 e. The van der Waals surface area contributed by atoms with Gasteiger partial charge in [0.15, 0.2) is 11.0 Å². The minimum absolute atomic E-state index is 0.0622. The maximum atomic E-state index is 11.4. The van der Waals surface area contributed by atoms with Crippen molar-refractivity contribution in [2.24, 2.45) is 5.14 Å². The standard InChI is InChI=1S/C22H29N5O3S2/c1-4-20(26(2)3)21-24-25-22(27(21)16-17-8-6-5-7-9-17)31-15-14-30-18-10-12-19(13-11-18)32(23,28)29/h5-13,20H,4,14-16H2,1-3H3,(H2,23,28,29). The summed E-state index contributed by atoms with van der Waals surface area (Å²) >= 11 is 1.58. The Kier molecular flexibility index (Phi) is 8.30. The molecule has 0 saturated carbocycles. The molecule has 0 spiro atoms. The van der Waals surface area contributed by atoms with Crippen molar-refractivity contribution >= 4 is 21.8 Å². The first-order valence-electron chi connectivity index (χ1n) is 10.3. The van der Waals surface area contributed by atoms with Gasteiger partial charge in [0.1, 0.15) is 5.75 Å². The molecule has 2 aromatic carbocycles. The van der Waals surface area contributed by atoms with Crippen molar-refractivity contribution in [3.63, 3.8) is 0 Å². The van der Waals surface area contributed by atoms with Gasteiger partial charge in [-0.25, -0.2) is 13.6 Å². The first-order valence-corrected chi connectivity index (χ1v) is 12.8. The molecule has 10 heteroatoms. The highest BCUT2D eigenvalue weighted by Gasteiger charge is 2.22. The Morgan fingerprint density at radius 3 is 2.38 bits per heavy atom. The molecular formula is C22H29N5O3S2. The van der Waals surface area contributed by atoms with Gasteiger partial charge in [0.25, 0.3) is 0 Å². The Morgan fingerprint density at radius 2 is 1.78 bits per heavy atom. The van der Waals surface area contributed by atoms with Gasteiger partial charge in [-0.2, -0.15) is 0 Å². The van der Waals surface area contributed by atoms with E-state index in [1.807, 2.05) is 18.2 Å². The maximum Gasteiger partial charge on any atom is 0.238 e. The molecule has 0 radical (unpaired) electrons. The molecule has 2 N–H and O–H groups in total. The summed E-state index contributed by atoms with van der Waals surface area (Å²) in [4.78, 5) is 2.22. The van der Waals surface area contributed by atoms with Crippen molar-refractivity contribution in [1.29, 1.82) is 0 Å². The van der Waals surface area contributed by atoms with E-state index in [1.54, 1.807) is 23.9 Å². The molecule has 0 bridgehead atoms. The van der Waals surface area contributed by atoms with Gasteiger partial charge in [0, 0.05) is 5.75 Å². The number of benzene rings is 2. The number of rotatable bonds is 11. The van der Waals surface area contributed by atoms with Gasteiger partial charge in [0.05, 0.1) is 24.1 Å². The van der Waals surface area contributed by atoms with Gasteiger partial charge in [0.2, 0.25) is 10.0 Å². The number of primary sulfonamides is 1. The minimum atomic E-state index is -3.71. The molecule has 0 aliphatic rings. The Balaban J connectivity index is 1.68. The zero-order valence-electron chi connectivity index (χ0n) is 18.5. The topological polar surface area (TPSA) is 103 Å². The van der Waals surface area contributed by atoms with E-state index in [9.17, 15) is 8.42 Å². The van der Waals surface area contributed by atoms with Crippen LogP contribution in [-0.2, 0) is 16.6 Å². The Bertz CT molecular complexity index is 1100. The summed E-state index contributed by atoms with van der Waals surface area (Å²) in [6, 6.07) is 16.5. The molecule has 0 aliphatic carbocycles. The number of hydrogen-bond donors (Lipinski definition) is 1. The van der Waals surface area contributed by atoms with Gasteiger partial charge >= 0.3 is 0 Å². The first kappa shape index (κ1) is 24.2. The summed E-state index contributed by atoms with van der Waals surface area (Å²) in [5.74, 6) is 2.20. The summed E-state index contributed by atoms with van der Waals surface area (Å²) in [6.45, 7) is 3.29. The monoisotopic (exact) mass is 475 g/mol. The van der Waals surface area contributed by atoms with Crippen LogP contribution in [0.3, 0.4) is 0 Å². The van der Waals surface area contributed by atoms with Crippen molar-refractivity contribution in [3.8, 4) is 5.75 Å². The van der Waals surface area contributed by atoms with Gasteiger partial charge < -0.3 is 9.30 Å². The summed E-state index contributed by atoms with van der Waals surface area (Å²) in [6.07, 6.45) is 0.933. The predicted molar refractivity (Wildman–Crippen MR) is 126 cm³/mol. The van der Waals surface area contributed by atoms with E-state index >= 15 is 0 Å². The Labute approximate surface area is 193 Å². The van der Waals surface area contributed by atoms with Crippen LogP contribution in [0.25, 0.3) is 0 Å². The second-order valence-corrected chi connectivity index (χ2v) is 10.1. The third-order valence-electron chi connectivity index (χ3n) is 4.97. The fourth-order valence-electron chi connectivity index (χ4n) is 3.36. The van der Waals surface area contributed by atoms with Crippen LogP contribution in [0.4, 0.5) is 0 Å². The molecule has 32 heavy (non-hydrogen) atoms. The normalized spacial score (nSPS) is 12.8. The first-order chi connectivity index (χ1) is 15.3. The SMILES string of the molecule is CCC(c1nnc(SCCOc2ccc(S(N)(=O)=O)cc2)n1Cc1ccccc1)N(C)C. The maximum absolute atomic E-state index is 11.4. The zero-order valence-corrected chi connectivity index (χ0v) is 20.1. The molecule has 0 aliphatic heterocycles. The van der Waals surface area contributed by atoms with Crippen LogP contribution in [0.15, 0.2) is 64.6 Å². The largest absolute Gasteiger partial charge is 0.493 e. The lowest BCUT2D eigenvalue weighted by atomic mass is 10.2. The average molecular weight is 476 g/mol. The fraction of sp³-hybridized carbons (Fsp3) is 0.364. The molecule has 172 valence electrons. The molecule has 1 heterocycles. The summed E-state index contributed by atoms with van der Waals surface area (Å²) in [5, 5.41) is 14.9. The van der Waals surface area contributed by atoms with Crippen LogP contribution in [0.1, 0.15) is 30.8 Å². The van der Waals surface area contributed by atoms with Crippen molar-refractivity contribution in [2.45, 2.75) is 36.0 Å². The summed E-state index contributed by atoms with van der Waals surface area (Å²) < 4.78 is 30.6. The van der Waals surface area contributed by atoms with E-state index in [1.165, 1.54) is 17.7 Å². The number of aromatic nitrogens is 3. The van der Waals surface area contributed by atoms with Crippen molar-refractivity contribution in [2.75, 3.05) is 26.5 Å². The molecular weight excluding hydrogens is 446 g/mol. The van der Waals surface area contributed by atoms with E-state index in [0.717, 1.165) is 17.4 Å². The van der Waals surface area contributed by atoms with Crippen LogP contribution in [0, 0.1) is 0 Å². The van der Waals surface area contributed by atoms with Crippen LogP contribution in [-0.4, -0.2) is 54.5 Å². The summed E-state index contributed by atoms with van der Waals surface area (Å²) in [5.41, 5.74) is 1.19. The van der Waals surface area contributed by atoms with Crippen LogP contribution >= 0.6 is 11.8 Å². The number of hydrogen-bond acceptors (Lipinski definition) is 7.